The van der Waals surface area contributed by atoms with Gasteiger partial charge in [-0.05, 0) is 18.4 Å². The van der Waals surface area contributed by atoms with E-state index in [-0.39, 0.29) is 24.2 Å². The number of rotatable bonds is 10. The van der Waals surface area contributed by atoms with Gasteiger partial charge in [-0.2, -0.15) is 0 Å². The molecule has 8 heteroatoms. The van der Waals surface area contributed by atoms with Crippen LogP contribution in [0.1, 0.15) is 51.1 Å². The van der Waals surface area contributed by atoms with E-state index in [4.69, 9.17) is 14.3 Å². The van der Waals surface area contributed by atoms with Gasteiger partial charge >= 0.3 is 0 Å². The predicted molar refractivity (Wildman–Crippen MR) is 113 cm³/mol. The Morgan fingerprint density at radius 1 is 1.23 bits per heavy atom. The SMILES string of the molecule is CC(C)[C@@H](OCc1ccccc1)[C@H](C)C=NO[C@H](C)c1cn([C@@H]2COC[C@H]2O)nn1. The number of benzene rings is 1. The molecule has 1 fully saturated rings. The van der Waals surface area contributed by atoms with Crippen molar-refractivity contribution in [1.29, 1.82) is 0 Å². The third-order valence-corrected chi connectivity index (χ3v) is 5.28. The van der Waals surface area contributed by atoms with Crippen molar-refractivity contribution in [1.82, 2.24) is 15.0 Å². The Kier molecular flexibility index (Phi) is 7.95. The molecule has 0 spiro atoms. The second-order valence-electron chi connectivity index (χ2n) is 8.16. The number of aliphatic hydroxyl groups is 1. The zero-order valence-electron chi connectivity index (χ0n) is 18.1. The molecule has 0 bridgehead atoms. The highest BCUT2D eigenvalue weighted by Crippen LogP contribution is 2.22. The van der Waals surface area contributed by atoms with E-state index in [0.29, 0.717) is 31.4 Å². The summed E-state index contributed by atoms with van der Waals surface area (Å²) in [6, 6.07) is 9.94. The fourth-order valence-electron chi connectivity index (χ4n) is 3.50. The maximum Gasteiger partial charge on any atom is 0.169 e. The first-order chi connectivity index (χ1) is 14.5. The summed E-state index contributed by atoms with van der Waals surface area (Å²) in [5.41, 5.74) is 1.80. The van der Waals surface area contributed by atoms with Gasteiger partial charge in [0.15, 0.2) is 6.10 Å². The third-order valence-electron chi connectivity index (χ3n) is 5.28. The first-order valence-corrected chi connectivity index (χ1v) is 10.5. The highest BCUT2D eigenvalue weighted by atomic mass is 16.6. The lowest BCUT2D eigenvalue weighted by atomic mass is 9.95. The summed E-state index contributed by atoms with van der Waals surface area (Å²) < 4.78 is 13.1. The molecule has 2 aromatic rings. The molecule has 1 aromatic carbocycles. The Morgan fingerprint density at radius 2 is 2.00 bits per heavy atom. The lowest BCUT2D eigenvalue weighted by Gasteiger charge is -2.25. The lowest BCUT2D eigenvalue weighted by Crippen LogP contribution is -2.28. The second-order valence-corrected chi connectivity index (χ2v) is 8.16. The van der Waals surface area contributed by atoms with Gasteiger partial charge in [-0.1, -0.05) is 61.5 Å². The van der Waals surface area contributed by atoms with Crippen LogP contribution in [0.15, 0.2) is 41.7 Å². The Morgan fingerprint density at radius 3 is 2.67 bits per heavy atom. The van der Waals surface area contributed by atoms with Crippen molar-refractivity contribution in [3.05, 3.63) is 47.8 Å². The quantitative estimate of drug-likeness (QED) is 0.473. The van der Waals surface area contributed by atoms with E-state index < -0.39 is 6.10 Å². The van der Waals surface area contributed by atoms with Crippen LogP contribution in [-0.4, -0.2) is 51.7 Å². The number of hydrogen-bond donors (Lipinski definition) is 1. The average Bonchev–Trinajstić information content (AvgIpc) is 3.37. The van der Waals surface area contributed by atoms with Crippen LogP contribution in [0.2, 0.25) is 0 Å². The van der Waals surface area contributed by atoms with Gasteiger partial charge in [0.05, 0.1) is 32.1 Å². The van der Waals surface area contributed by atoms with Crippen LogP contribution in [0.3, 0.4) is 0 Å². The summed E-state index contributed by atoms with van der Waals surface area (Å²) in [7, 11) is 0. The van der Waals surface area contributed by atoms with Crippen LogP contribution in [0.5, 0.6) is 0 Å². The summed E-state index contributed by atoms with van der Waals surface area (Å²) in [5.74, 6) is 0.426. The van der Waals surface area contributed by atoms with E-state index in [1.807, 2.05) is 25.1 Å². The maximum atomic E-state index is 9.93. The van der Waals surface area contributed by atoms with Crippen LogP contribution < -0.4 is 0 Å². The average molecular weight is 417 g/mol. The molecule has 5 atom stereocenters. The normalized spacial score (nSPS) is 22.5. The van der Waals surface area contributed by atoms with Gasteiger partial charge in [-0.15, -0.1) is 5.10 Å². The first-order valence-electron chi connectivity index (χ1n) is 10.5. The van der Waals surface area contributed by atoms with Crippen LogP contribution in [0.25, 0.3) is 0 Å². The molecule has 2 heterocycles. The molecule has 164 valence electrons. The molecule has 1 aliphatic rings. The van der Waals surface area contributed by atoms with E-state index >= 15 is 0 Å². The largest absolute Gasteiger partial charge is 0.388 e. The number of hydrogen-bond acceptors (Lipinski definition) is 7. The minimum absolute atomic E-state index is 0.0255. The molecule has 1 saturated heterocycles. The van der Waals surface area contributed by atoms with Crippen LogP contribution in [0.4, 0.5) is 0 Å². The number of aromatic nitrogens is 3. The van der Waals surface area contributed by atoms with Crippen molar-refractivity contribution < 1.29 is 19.4 Å². The lowest BCUT2D eigenvalue weighted by molar-refractivity contribution is -0.00779. The van der Waals surface area contributed by atoms with Crippen molar-refractivity contribution in [2.45, 2.75) is 58.7 Å². The number of oxime groups is 1. The van der Waals surface area contributed by atoms with Gasteiger partial charge in [0.25, 0.3) is 0 Å². The fourth-order valence-corrected chi connectivity index (χ4v) is 3.50. The van der Waals surface area contributed by atoms with E-state index in [1.165, 1.54) is 0 Å². The van der Waals surface area contributed by atoms with Gasteiger partial charge in [-0.3, -0.25) is 0 Å². The highest BCUT2D eigenvalue weighted by molar-refractivity contribution is 5.60. The topological polar surface area (TPSA) is 91.0 Å². The van der Waals surface area contributed by atoms with Crippen molar-refractivity contribution in [2.75, 3.05) is 13.2 Å². The van der Waals surface area contributed by atoms with Gasteiger partial charge < -0.3 is 19.4 Å². The minimum Gasteiger partial charge on any atom is -0.388 e. The monoisotopic (exact) mass is 416 g/mol. The Balaban J connectivity index is 1.51. The molecule has 0 radical (unpaired) electrons. The van der Waals surface area contributed by atoms with Crippen molar-refractivity contribution in [3.63, 3.8) is 0 Å². The molecule has 3 rings (SSSR count). The summed E-state index contributed by atoms with van der Waals surface area (Å²) in [6.07, 6.45) is 2.65. The fraction of sp³-hybridized carbons (Fsp3) is 0.591. The van der Waals surface area contributed by atoms with Gasteiger partial charge in [0.2, 0.25) is 0 Å². The standard InChI is InChI=1S/C22H32N4O4/c1-15(2)22(29-12-18-8-6-5-7-9-18)16(3)10-23-30-17(4)19-11-26(25-24-19)20-13-28-14-21(20)27/h5-11,15-17,20-22,27H,12-14H2,1-4H3/t16-,17-,20-,21-,22-/m1/s1. The van der Waals surface area contributed by atoms with Gasteiger partial charge in [0, 0.05) is 12.1 Å². The molecular weight excluding hydrogens is 384 g/mol. The molecule has 1 N–H and O–H groups in total. The van der Waals surface area contributed by atoms with Crippen LogP contribution in [-0.2, 0) is 20.9 Å². The molecule has 0 saturated carbocycles. The van der Waals surface area contributed by atoms with Gasteiger partial charge in [-0.25, -0.2) is 4.68 Å². The molecule has 0 aliphatic carbocycles. The summed E-state index contributed by atoms with van der Waals surface area (Å²) >= 11 is 0. The molecule has 0 unspecified atom stereocenters. The number of ether oxygens (including phenoxy) is 2. The Labute approximate surface area is 177 Å². The second kappa shape index (κ2) is 10.7. The third kappa shape index (κ3) is 5.87. The van der Waals surface area contributed by atoms with Crippen molar-refractivity contribution in [2.24, 2.45) is 17.0 Å². The van der Waals surface area contributed by atoms with Gasteiger partial charge in [0.1, 0.15) is 17.8 Å². The molecule has 30 heavy (non-hydrogen) atoms. The Hall–Kier alpha value is -2.29. The first kappa shape index (κ1) is 22.4. The summed E-state index contributed by atoms with van der Waals surface area (Å²) in [4.78, 5) is 5.60. The van der Waals surface area contributed by atoms with E-state index in [2.05, 4.69) is 48.4 Å². The highest BCUT2D eigenvalue weighted by Gasteiger charge is 2.29. The van der Waals surface area contributed by atoms with Crippen LogP contribution in [0, 0.1) is 11.8 Å². The minimum atomic E-state index is -0.571. The van der Waals surface area contributed by atoms with E-state index in [0.717, 1.165) is 5.56 Å². The zero-order chi connectivity index (χ0) is 21.5. The molecule has 1 aliphatic heterocycles. The molecular formula is C22H32N4O4. The Bertz CT molecular complexity index is 795. The molecule has 8 nitrogen and oxygen atoms in total. The van der Waals surface area contributed by atoms with Crippen molar-refractivity contribution >= 4 is 6.21 Å². The predicted octanol–water partition coefficient (Wildman–Crippen LogP) is 3.15. The summed E-state index contributed by atoms with van der Waals surface area (Å²) in [6.45, 7) is 9.53. The smallest absolute Gasteiger partial charge is 0.169 e. The van der Waals surface area contributed by atoms with Crippen molar-refractivity contribution in [3.8, 4) is 0 Å². The number of nitrogens with zero attached hydrogens (tertiary/aromatic N) is 4. The summed E-state index contributed by atoms with van der Waals surface area (Å²) in [5, 5.41) is 22.3. The van der Waals surface area contributed by atoms with E-state index in [1.54, 1.807) is 17.1 Å². The maximum absolute atomic E-state index is 9.93. The van der Waals surface area contributed by atoms with E-state index in [9.17, 15) is 5.11 Å². The molecule has 0 amide bonds. The van der Waals surface area contributed by atoms with Crippen LogP contribution >= 0.6 is 0 Å². The molecule has 1 aromatic heterocycles. The number of aliphatic hydroxyl groups excluding tert-OH is 1. The zero-order valence-corrected chi connectivity index (χ0v) is 18.1.